The molecule has 0 aliphatic carbocycles. The Hall–Kier alpha value is -2.40. The quantitative estimate of drug-likeness (QED) is 0.785. The maximum Gasteiger partial charge on any atom is 0.272 e. The van der Waals surface area contributed by atoms with Crippen molar-refractivity contribution in [1.29, 1.82) is 0 Å². The molecule has 0 saturated carbocycles. The lowest BCUT2D eigenvalue weighted by molar-refractivity contribution is 0.171. The number of aromatic nitrogens is 3. The van der Waals surface area contributed by atoms with Gasteiger partial charge in [0.25, 0.3) is 5.56 Å². The molecule has 1 aromatic carbocycles. The van der Waals surface area contributed by atoms with Gasteiger partial charge in [0.1, 0.15) is 0 Å². The fraction of sp³-hybridized carbons (Fsp3) is 0.429. The van der Waals surface area contributed by atoms with E-state index in [9.17, 15) is 4.79 Å². The summed E-state index contributed by atoms with van der Waals surface area (Å²) in [6.45, 7) is 8.62. The number of H-pyrrole nitrogens is 1. The molecular formula is C21H26N4O. The van der Waals surface area contributed by atoms with Gasteiger partial charge in [0.05, 0.1) is 5.69 Å². The number of aryl methyl sites for hydroxylation is 1. The smallest absolute Gasteiger partial charge is 0.272 e. The van der Waals surface area contributed by atoms with Gasteiger partial charge in [0.15, 0.2) is 5.65 Å². The molecule has 3 heterocycles. The number of aromatic amines is 1. The highest BCUT2D eigenvalue weighted by Crippen LogP contribution is 2.30. The molecule has 2 aromatic heterocycles. The fourth-order valence-electron chi connectivity index (χ4n) is 4.04. The molecule has 0 radical (unpaired) electrons. The molecule has 0 atom stereocenters. The van der Waals surface area contributed by atoms with E-state index < -0.39 is 0 Å². The van der Waals surface area contributed by atoms with Gasteiger partial charge in [-0.05, 0) is 52.3 Å². The van der Waals surface area contributed by atoms with E-state index in [1.165, 1.54) is 0 Å². The van der Waals surface area contributed by atoms with E-state index in [-0.39, 0.29) is 5.56 Å². The van der Waals surface area contributed by atoms with Crippen LogP contribution in [0.2, 0.25) is 0 Å². The van der Waals surface area contributed by atoms with Gasteiger partial charge < -0.3 is 4.90 Å². The standard InChI is InChI=1S/C21H26N4O/c1-14(2)24-11-9-16(10-12-24)18-13-19(26)25-21(22-18)20(15(3)23-25)17-7-5-4-6-8-17/h4-8,13-14,16,23H,9-12H2,1-3H3. The average molecular weight is 350 g/mol. The second-order valence-corrected chi connectivity index (χ2v) is 7.56. The molecule has 3 aromatic rings. The Morgan fingerprint density at radius 1 is 1.15 bits per heavy atom. The van der Waals surface area contributed by atoms with Crippen LogP contribution in [0.5, 0.6) is 0 Å². The summed E-state index contributed by atoms with van der Waals surface area (Å²) in [6.07, 6.45) is 2.12. The molecule has 0 spiro atoms. The number of hydrogen-bond acceptors (Lipinski definition) is 3. The Bertz CT molecular complexity index is 963. The van der Waals surface area contributed by atoms with Crippen molar-refractivity contribution in [3.63, 3.8) is 0 Å². The average Bonchev–Trinajstić information content (AvgIpc) is 2.99. The van der Waals surface area contributed by atoms with Gasteiger partial charge in [0, 0.05) is 29.3 Å². The minimum absolute atomic E-state index is 0.0263. The van der Waals surface area contributed by atoms with Gasteiger partial charge in [-0.15, -0.1) is 0 Å². The minimum atomic E-state index is -0.0263. The summed E-state index contributed by atoms with van der Waals surface area (Å²) < 4.78 is 1.57. The molecule has 1 aliphatic heterocycles. The molecule has 4 rings (SSSR count). The Morgan fingerprint density at radius 3 is 2.50 bits per heavy atom. The molecule has 1 fully saturated rings. The Kier molecular flexibility index (Phi) is 4.41. The molecule has 0 bridgehead atoms. The van der Waals surface area contributed by atoms with Gasteiger partial charge in [-0.2, -0.15) is 0 Å². The third kappa shape index (κ3) is 2.97. The van der Waals surface area contributed by atoms with E-state index >= 15 is 0 Å². The summed E-state index contributed by atoms with van der Waals surface area (Å²) in [5.74, 6) is 0.363. The molecule has 0 amide bonds. The molecule has 0 unspecified atom stereocenters. The van der Waals surface area contributed by atoms with E-state index in [1.807, 2.05) is 25.1 Å². The van der Waals surface area contributed by atoms with Crippen molar-refractivity contribution in [2.75, 3.05) is 13.1 Å². The summed E-state index contributed by atoms with van der Waals surface area (Å²) in [5, 5.41) is 3.18. The van der Waals surface area contributed by atoms with Crippen LogP contribution >= 0.6 is 0 Å². The summed E-state index contributed by atoms with van der Waals surface area (Å²) in [5.41, 5.74) is 4.72. The topological polar surface area (TPSA) is 53.4 Å². The zero-order chi connectivity index (χ0) is 18.3. The first-order chi connectivity index (χ1) is 12.5. The van der Waals surface area contributed by atoms with E-state index in [1.54, 1.807) is 10.6 Å². The van der Waals surface area contributed by atoms with Crippen LogP contribution in [0.1, 0.15) is 44.0 Å². The van der Waals surface area contributed by atoms with Crippen LogP contribution in [0.4, 0.5) is 0 Å². The fourth-order valence-corrected chi connectivity index (χ4v) is 4.04. The van der Waals surface area contributed by atoms with Crippen molar-refractivity contribution in [1.82, 2.24) is 19.5 Å². The van der Waals surface area contributed by atoms with Crippen LogP contribution in [-0.2, 0) is 0 Å². The number of benzene rings is 1. The van der Waals surface area contributed by atoms with E-state index in [2.05, 4.69) is 36.0 Å². The lowest BCUT2D eigenvalue weighted by atomic mass is 9.92. The second-order valence-electron chi connectivity index (χ2n) is 7.56. The van der Waals surface area contributed by atoms with Crippen molar-refractivity contribution in [2.45, 2.75) is 45.6 Å². The van der Waals surface area contributed by atoms with Crippen LogP contribution in [0.25, 0.3) is 16.8 Å². The molecule has 1 saturated heterocycles. The first kappa shape index (κ1) is 17.0. The Labute approximate surface area is 153 Å². The predicted molar refractivity (Wildman–Crippen MR) is 105 cm³/mol. The summed E-state index contributed by atoms with van der Waals surface area (Å²) >= 11 is 0. The molecule has 1 aliphatic rings. The van der Waals surface area contributed by atoms with Crippen LogP contribution in [0.3, 0.4) is 0 Å². The number of hydrogen-bond donors (Lipinski definition) is 1. The van der Waals surface area contributed by atoms with Crippen molar-refractivity contribution in [3.05, 3.63) is 58.1 Å². The van der Waals surface area contributed by atoms with E-state index in [0.717, 1.165) is 54.1 Å². The second kappa shape index (κ2) is 6.72. The number of nitrogens with one attached hydrogen (secondary N) is 1. The van der Waals surface area contributed by atoms with Crippen molar-refractivity contribution in [2.24, 2.45) is 0 Å². The molecular weight excluding hydrogens is 324 g/mol. The predicted octanol–water partition coefficient (Wildman–Crippen LogP) is 3.59. The van der Waals surface area contributed by atoms with Gasteiger partial charge in [-0.1, -0.05) is 30.3 Å². The molecule has 136 valence electrons. The van der Waals surface area contributed by atoms with Gasteiger partial charge >= 0.3 is 0 Å². The Morgan fingerprint density at radius 2 is 1.85 bits per heavy atom. The molecule has 1 N–H and O–H groups in total. The first-order valence-corrected chi connectivity index (χ1v) is 9.46. The normalized spacial score (nSPS) is 16.6. The first-order valence-electron chi connectivity index (χ1n) is 9.46. The van der Waals surface area contributed by atoms with Crippen LogP contribution in [0.15, 0.2) is 41.2 Å². The minimum Gasteiger partial charge on any atom is -0.301 e. The molecule has 26 heavy (non-hydrogen) atoms. The Balaban J connectivity index is 1.76. The maximum atomic E-state index is 12.7. The zero-order valence-corrected chi connectivity index (χ0v) is 15.7. The lowest BCUT2D eigenvalue weighted by Crippen LogP contribution is -2.38. The van der Waals surface area contributed by atoms with Crippen molar-refractivity contribution < 1.29 is 0 Å². The largest absolute Gasteiger partial charge is 0.301 e. The third-order valence-electron chi connectivity index (χ3n) is 5.56. The highest BCUT2D eigenvalue weighted by atomic mass is 16.1. The van der Waals surface area contributed by atoms with E-state index in [4.69, 9.17) is 4.98 Å². The van der Waals surface area contributed by atoms with Gasteiger partial charge in [0.2, 0.25) is 0 Å². The third-order valence-corrected chi connectivity index (χ3v) is 5.56. The van der Waals surface area contributed by atoms with Crippen molar-refractivity contribution >= 4 is 5.65 Å². The van der Waals surface area contributed by atoms with Gasteiger partial charge in [-0.25, -0.2) is 9.50 Å². The van der Waals surface area contributed by atoms with Crippen LogP contribution < -0.4 is 5.56 Å². The van der Waals surface area contributed by atoms with Crippen molar-refractivity contribution in [3.8, 4) is 11.1 Å². The number of rotatable bonds is 3. The number of nitrogens with zero attached hydrogens (tertiary/aromatic N) is 3. The SMILES string of the molecule is Cc1[nH]n2c(=O)cc(C3CCN(C(C)C)CC3)nc2c1-c1ccccc1. The van der Waals surface area contributed by atoms with Crippen LogP contribution in [-0.4, -0.2) is 38.6 Å². The summed E-state index contributed by atoms with van der Waals surface area (Å²) in [7, 11) is 0. The van der Waals surface area contributed by atoms with E-state index in [0.29, 0.717) is 12.0 Å². The number of piperidine rings is 1. The summed E-state index contributed by atoms with van der Waals surface area (Å²) in [4.78, 5) is 20.1. The molecule has 5 heteroatoms. The maximum absolute atomic E-state index is 12.7. The zero-order valence-electron chi connectivity index (χ0n) is 15.7. The monoisotopic (exact) mass is 350 g/mol. The highest BCUT2D eigenvalue weighted by Gasteiger charge is 2.24. The van der Waals surface area contributed by atoms with Gasteiger partial charge in [-0.3, -0.25) is 9.89 Å². The number of fused-ring (bicyclic) bond motifs is 1. The lowest BCUT2D eigenvalue weighted by Gasteiger charge is -2.34. The van der Waals surface area contributed by atoms with Crippen LogP contribution in [0, 0.1) is 6.92 Å². The molecule has 5 nitrogen and oxygen atoms in total. The highest BCUT2D eigenvalue weighted by molar-refractivity contribution is 5.79. The number of likely N-dealkylation sites (tertiary alicyclic amines) is 1. The summed E-state index contributed by atoms with van der Waals surface area (Å²) in [6, 6.07) is 12.5.